The Morgan fingerprint density at radius 2 is 2.32 bits per heavy atom. The highest BCUT2D eigenvalue weighted by Crippen LogP contribution is 2.36. The number of fused-ring (bicyclic) bond motifs is 1. The summed E-state index contributed by atoms with van der Waals surface area (Å²) in [5.74, 6) is 0. The third kappa shape index (κ3) is 3.17. The fourth-order valence-electron chi connectivity index (χ4n) is 3.55. The van der Waals surface area contributed by atoms with Gasteiger partial charge in [-0.2, -0.15) is 0 Å². The van der Waals surface area contributed by atoms with Gasteiger partial charge in [0.1, 0.15) is 0 Å². The smallest absolute Gasteiger partial charge is 0.0659 e. The van der Waals surface area contributed by atoms with E-state index < -0.39 is 0 Å². The van der Waals surface area contributed by atoms with Crippen LogP contribution in [0.15, 0.2) is 6.07 Å². The first-order chi connectivity index (χ1) is 9.28. The predicted octanol–water partition coefficient (Wildman–Crippen LogP) is 3.80. The number of aryl methyl sites for hydroxylation is 1. The molecule has 1 aromatic heterocycles. The highest BCUT2D eigenvalue weighted by molar-refractivity contribution is 14.1. The van der Waals surface area contributed by atoms with Crippen LogP contribution < -0.4 is 5.32 Å². The lowest BCUT2D eigenvalue weighted by Gasteiger charge is -2.28. The van der Waals surface area contributed by atoms with Crippen molar-refractivity contribution in [2.45, 2.75) is 51.1 Å². The number of hydrogen-bond donors (Lipinski definition) is 1. The zero-order chi connectivity index (χ0) is 13.2. The summed E-state index contributed by atoms with van der Waals surface area (Å²) < 4.78 is 1.45. The van der Waals surface area contributed by atoms with E-state index in [1.165, 1.54) is 54.6 Å². The molecule has 1 N–H and O–H groups in total. The molecule has 1 aliphatic carbocycles. The summed E-state index contributed by atoms with van der Waals surface area (Å²) >= 11 is 4.46. The lowest BCUT2D eigenvalue weighted by Crippen LogP contribution is -2.39. The average molecular weight is 390 g/mol. The van der Waals surface area contributed by atoms with Gasteiger partial charge in [-0.15, -0.1) is 11.3 Å². The van der Waals surface area contributed by atoms with Gasteiger partial charge in [0.15, 0.2) is 0 Å². The maximum Gasteiger partial charge on any atom is 0.0659 e. The molecule has 2 atom stereocenters. The van der Waals surface area contributed by atoms with Gasteiger partial charge in [0.2, 0.25) is 0 Å². The second-order valence-corrected chi connectivity index (χ2v) is 8.74. The predicted molar refractivity (Wildman–Crippen MR) is 91.0 cm³/mol. The van der Waals surface area contributed by atoms with Crippen molar-refractivity contribution in [1.82, 2.24) is 10.2 Å². The molecule has 1 aliphatic heterocycles. The van der Waals surface area contributed by atoms with E-state index in [2.05, 4.69) is 45.8 Å². The molecule has 0 amide bonds. The van der Waals surface area contributed by atoms with Crippen molar-refractivity contribution in [2.75, 3.05) is 19.6 Å². The maximum absolute atomic E-state index is 3.86. The fraction of sp³-hybridized carbons (Fsp3) is 0.733. The minimum absolute atomic E-state index is 0.614. The third-order valence-electron chi connectivity index (χ3n) is 4.59. The molecule has 2 unspecified atom stereocenters. The Hall–Kier alpha value is 0.350. The van der Waals surface area contributed by atoms with Crippen LogP contribution in [-0.4, -0.2) is 30.6 Å². The van der Waals surface area contributed by atoms with Crippen LogP contribution in [0.4, 0.5) is 0 Å². The van der Waals surface area contributed by atoms with Crippen molar-refractivity contribution in [3.63, 3.8) is 0 Å². The van der Waals surface area contributed by atoms with Crippen LogP contribution >= 0.6 is 33.9 Å². The number of nitrogens with zero attached hydrogens (tertiary/aromatic N) is 1. The Kier molecular flexibility index (Phi) is 4.82. The quantitative estimate of drug-likeness (QED) is 0.787. The molecule has 0 bridgehead atoms. The topological polar surface area (TPSA) is 15.3 Å². The Labute approximate surface area is 134 Å². The number of likely N-dealkylation sites (N-methyl/N-ethyl adjacent to an activating group) is 1. The molecule has 2 heterocycles. The van der Waals surface area contributed by atoms with Crippen LogP contribution in [0.1, 0.15) is 49.1 Å². The van der Waals surface area contributed by atoms with Crippen LogP contribution in [0.3, 0.4) is 0 Å². The number of nitrogens with one attached hydrogen (secondary N) is 1. The standard InChI is InChI=1S/C15H23IN2S/c1-2-18-8-4-5-11(18)10-17-13-6-3-7-14-12(13)9-15(16)19-14/h9,11,13,17H,2-8,10H2,1H3. The van der Waals surface area contributed by atoms with Crippen LogP contribution in [0.2, 0.25) is 0 Å². The maximum atomic E-state index is 3.86. The average Bonchev–Trinajstić information content (AvgIpc) is 3.00. The summed E-state index contributed by atoms with van der Waals surface area (Å²) in [4.78, 5) is 4.26. The third-order valence-corrected chi connectivity index (χ3v) is 6.56. The Balaban J connectivity index is 1.61. The van der Waals surface area contributed by atoms with E-state index in [9.17, 15) is 0 Å². The van der Waals surface area contributed by atoms with E-state index in [0.717, 1.165) is 6.04 Å². The van der Waals surface area contributed by atoms with Gasteiger partial charge in [0.25, 0.3) is 0 Å². The van der Waals surface area contributed by atoms with Gasteiger partial charge in [0, 0.05) is 23.5 Å². The highest BCUT2D eigenvalue weighted by atomic mass is 127. The lowest BCUT2D eigenvalue weighted by molar-refractivity contribution is 0.251. The van der Waals surface area contributed by atoms with Gasteiger partial charge < -0.3 is 5.32 Å². The van der Waals surface area contributed by atoms with Crippen LogP contribution in [-0.2, 0) is 6.42 Å². The molecule has 0 saturated carbocycles. The first kappa shape index (κ1) is 14.3. The highest BCUT2D eigenvalue weighted by Gasteiger charge is 2.26. The second-order valence-electron chi connectivity index (χ2n) is 5.71. The van der Waals surface area contributed by atoms with Gasteiger partial charge in [-0.05, 0) is 79.4 Å². The van der Waals surface area contributed by atoms with Crippen LogP contribution in [0.25, 0.3) is 0 Å². The van der Waals surface area contributed by atoms with Crippen LogP contribution in [0, 0.1) is 2.88 Å². The number of halogens is 1. The minimum Gasteiger partial charge on any atom is -0.308 e. The zero-order valence-corrected chi connectivity index (χ0v) is 14.6. The molecule has 0 spiro atoms. The largest absolute Gasteiger partial charge is 0.308 e. The fourth-order valence-corrected chi connectivity index (χ4v) is 5.67. The molecular formula is C15H23IN2S. The van der Waals surface area contributed by atoms with E-state index in [1.54, 1.807) is 10.4 Å². The first-order valence-electron chi connectivity index (χ1n) is 7.53. The summed E-state index contributed by atoms with van der Waals surface area (Å²) in [5.41, 5.74) is 1.60. The summed E-state index contributed by atoms with van der Waals surface area (Å²) in [7, 11) is 0. The SMILES string of the molecule is CCN1CCCC1CNC1CCCc2sc(I)cc21. The van der Waals surface area contributed by atoms with E-state index in [1.807, 2.05) is 11.3 Å². The van der Waals surface area contributed by atoms with E-state index in [0.29, 0.717) is 6.04 Å². The monoisotopic (exact) mass is 390 g/mol. The van der Waals surface area contributed by atoms with Gasteiger partial charge in [0.05, 0.1) is 2.88 Å². The number of thiophene rings is 1. The zero-order valence-electron chi connectivity index (χ0n) is 11.6. The summed E-state index contributed by atoms with van der Waals surface area (Å²) in [6.07, 6.45) is 6.72. The van der Waals surface area contributed by atoms with E-state index >= 15 is 0 Å². The van der Waals surface area contributed by atoms with Gasteiger partial charge in [-0.1, -0.05) is 6.92 Å². The molecule has 1 fully saturated rings. The molecular weight excluding hydrogens is 367 g/mol. The van der Waals surface area contributed by atoms with Gasteiger partial charge in [-0.3, -0.25) is 4.90 Å². The van der Waals surface area contributed by atoms with Crippen LogP contribution in [0.5, 0.6) is 0 Å². The van der Waals surface area contributed by atoms with Crippen molar-refractivity contribution in [1.29, 1.82) is 0 Å². The normalized spacial score (nSPS) is 27.7. The van der Waals surface area contributed by atoms with E-state index in [-0.39, 0.29) is 0 Å². The molecule has 1 saturated heterocycles. The molecule has 3 rings (SSSR count). The molecule has 19 heavy (non-hydrogen) atoms. The molecule has 0 radical (unpaired) electrons. The van der Waals surface area contributed by atoms with Crippen molar-refractivity contribution in [3.8, 4) is 0 Å². The lowest BCUT2D eigenvalue weighted by atomic mass is 9.94. The van der Waals surface area contributed by atoms with E-state index in [4.69, 9.17) is 0 Å². The summed E-state index contributed by atoms with van der Waals surface area (Å²) in [5, 5.41) is 3.86. The first-order valence-corrected chi connectivity index (χ1v) is 9.43. The Bertz CT molecular complexity index is 432. The number of rotatable bonds is 4. The molecule has 0 aromatic carbocycles. The van der Waals surface area contributed by atoms with Gasteiger partial charge >= 0.3 is 0 Å². The summed E-state index contributed by atoms with van der Waals surface area (Å²) in [6.45, 7) is 5.97. The molecule has 4 heteroatoms. The molecule has 2 nitrogen and oxygen atoms in total. The van der Waals surface area contributed by atoms with Crippen molar-refractivity contribution in [3.05, 3.63) is 19.4 Å². The summed E-state index contributed by atoms with van der Waals surface area (Å²) in [6, 6.07) is 3.79. The molecule has 1 aromatic rings. The van der Waals surface area contributed by atoms with Crippen molar-refractivity contribution >= 4 is 33.9 Å². The van der Waals surface area contributed by atoms with Crippen molar-refractivity contribution in [2.24, 2.45) is 0 Å². The Morgan fingerprint density at radius 3 is 3.16 bits per heavy atom. The van der Waals surface area contributed by atoms with Crippen molar-refractivity contribution < 1.29 is 0 Å². The molecule has 106 valence electrons. The van der Waals surface area contributed by atoms with Gasteiger partial charge in [-0.25, -0.2) is 0 Å². The molecule has 2 aliphatic rings. The number of hydrogen-bond acceptors (Lipinski definition) is 3. The number of likely N-dealkylation sites (tertiary alicyclic amines) is 1. The minimum atomic E-state index is 0.614. The second kappa shape index (κ2) is 6.41. The Morgan fingerprint density at radius 1 is 1.42 bits per heavy atom.